The van der Waals surface area contributed by atoms with Gasteiger partial charge in [0.25, 0.3) is 0 Å². The first kappa shape index (κ1) is 7.79. The molecule has 2 N–H and O–H groups in total. The highest BCUT2D eigenvalue weighted by Gasteiger charge is 2.51. The van der Waals surface area contributed by atoms with E-state index >= 15 is 0 Å². The Morgan fingerprint density at radius 1 is 1.75 bits per heavy atom. The highest BCUT2D eigenvalue weighted by Crippen LogP contribution is 2.34. The van der Waals surface area contributed by atoms with Gasteiger partial charge in [-0.25, -0.2) is 9.18 Å². The Bertz CT molecular complexity index is 223. The number of rotatable bonds is 0. The topological polar surface area (TPSA) is 52.6 Å². The number of hydrogen-bond acceptors (Lipinski definition) is 2. The van der Waals surface area contributed by atoms with Crippen LogP contribution in [0.3, 0.4) is 0 Å². The lowest BCUT2D eigenvalue weighted by atomic mass is 9.97. The van der Waals surface area contributed by atoms with Gasteiger partial charge in [0, 0.05) is 25.6 Å². The molecule has 2 saturated heterocycles. The third-order valence-electron chi connectivity index (χ3n) is 2.71. The Morgan fingerprint density at radius 3 is 3.08 bits per heavy atom. The van der Waals surface area contributed by atoms with Gasteiger partial charge in [0.05, 0.1) is 6.54 Å². The van der Waals surface area contributed by atoms with E-state index in [1.54, 1.807) is 0 Å². The fourth-order valence-electron chi connectivity index (χ4n) is 1.99. The lowest BCUT2D eigenvalue weighted by Gasteiger charge is -2.16. The van der Waals surface area contributed by atoms with Gasteiger partial charge in [-0.3, -0.25) is 0 Å². The van der Waals surface area contributed by atoms with Gasteiger partial charge in [0.1, 0.15) is 5.67 Å². The first-order valence-electron chi connectivity index (χ1n) is 3.99. The third kappa shape index (κ3) is 0.964. The molecule has 0 aromatic heterocycles. The van der Waals surface area contributed by atoms with E-state index in [-0.39, 0.29) is 12.5 Å². The molecule has 0 spiro atoms. The van der Waals surface area contributed by atoms with E-state index in [9.17, 15) is 9.18 Å². The minimum atomic E-state index is -1.31. The Kier molecular flexibility index (Phi) is 1.51. The Hall–Kier alpha value is -0.840. The maximum absolute atomic E-state index is 13.7. The van der Waals surface area contributed by atoms with E-state index in [0.29, 0.717) is 19.6 Å². The predicted molar refractivity (Wildman–Crippen MR) is 39.8 cm³/mol. The average Bonchev–Trinajstić information content (AvgIpc) is 2.41. The van der Waals surface area contributed by atoms with Crippen molar-refractivity contribution in [2.24, 2.45) is 5.92 Å². The van der Waals surface area contributed by atoms with Gasteiger partial charge in [-0.2, -0.15) is 0 Å². The van der Waals surface area contributed by atoms with E-state index in [2.05, 4.69) is 5.32 Å². The Morgan fingerprint density at radius 2 is 2.50 bits per heavy atom. The van der Waals surface area contributed by atoms with Crippen LogP contribution in [-0.4, -0.2) is 47.9 Å². The number of alkyl halides is 1. The second-order valence-corrected chi connectivity index (χ2v) is 3.53. The maximum atomic E-state index is 13.7. The first-order chi connectivity index (χ1) is 5.62. The highest BCUT2D eigenvalue weighted by atomic mass is 19.1. The molecular weight excluding hydrogens is 163 g/mol. The van der Waals surface area contributed by atoms with Gasteiger partial charge in [0.2, 0.25) is 0 Å². The number of likely N-dealkylation sites (tertiary alicyclic amines) is 1. The molecule has 2 aliphatic heterocycles. The molecule has 0 unspecified atom stereocenters. The van der Waals surface area contributed by atoms with Crippen LogP contribution >= 0.6 is 0 Å². The number of fused-ring (bicyclic) bond motifs is 1. The number of hydrogen-bond donors (Lipinski definition) is 2. The number of amides is 1. The molecule has 0 radical (unpaired) electrons. The number of nitrogens with zero attached hydrogens (tertiary/aromatic N) is 1. The summed E-state index contributed by atoms with van der Waals surface area (Å²) in [6.07, 6.45) is -1.01. The number of carboxylic acid groups (broad SMARTS) is 1. The van der Waals surface area contributed by atoms with E-state index in [1.165, 1.54) is 0 Å². The van der Waals surface area contributed by atoms with Crippen molar-refractivity contribution in [3.8, 4) is 0 Å². The Balaban J connectivity index is 2.11. The quantitative estimate of drug-likeness (QED) is 0.539. The molecule has 0 aromatic carbocycles. The molecule has 2 aliphatic rings. The van der Waals surface area contributed by atoms with Gasteiger partial charge in [-0.05, 0) is 0 Å². The van der Waals surface area contributed by atoms with Crippen LogP contribution in [0.4, 0.5) is 9.18 Å². The fourth-order valence-corrected chi connectivity index (χ4v) is 1.99. The van der Waals surface area contributed by atoms with Crippen LogP contribution < -0.4 is 5.32 Å². The monoisotopic (exact) mass is 174 g/mol. The van der Waals surface area contributed by atoms with Crippen molar-refractivity contribution in [3.05, 3.63) is 0 Å². The summed E-state index contributed by atoms with van der Waals surface area (Å²) in [5, 5.41) is 11.6. The molecule has 0 aromatic rings. The normalized spacial score (nSPS) is 40.1. The fraction of sp³-hybridized carbons (Fsp3) is 0.857. The van der Waals surface area contributed by atoms with Crippen LogP contribution in [0.25, 0.3) is 0 Å². The van der Waals surface area contributed by atoms with Crippen molar-refractivity contribution in [1.29, 1.82) is 0 Å². The van der Waals surface area contributed by atoms with Crippen molar-refractivity contribution >= 4 is 6.09 Å². The van der Waals surface area contributed by atoms with Crippen molar-refractivity contribution in [2.75, 3.05) is 26.2 Å². The molecule has 12 heavy (non-hydrogen) atoms. The standard InChI is InChI=1S/C7H11FN2O2/c8-7-3-9-1-5(7)2-10(4-7)6(11)12/h5,9H,1-4H2,(H,11,12)/t5-,7+/m1/s1. The molecule has 0 saturated carbocycles. The molecule has 2 heterocycles. The van der Waals surface area contributed by atoms with Crippen LogP contribution in [0.5, 0.6) is 0 Å². The van der Waals surface area contributed by atoms with Crippen LogP contribution in [-0.2, 0) is 0 Å². The van der Waals surface area contributed by atoms with Gasteiger partial charge >= 0.3 is 6.09 Å². The van der Waals surface area contributed by atoms with Crippen molar-refractivity contribution < 1.29 is 14.3 Å². The van der Waals surface area contributed by atoms with E-state index < -0.39 is 11.8 Å². The van der Waals surface area contributed by atoms with Gasteiger partial charge < -0.3 is 15.3 Å². The summed E-state index contributed by atoms with van der Waals surface area (Å²) in [4.78, 5) is 11.7. The maximum Gasteiger partial charge on any atom is 0.407 e. The summed E-state index contributed by atoms with van der Waals surface area (Å²) >= 11 is 0. The number of carbonyl (C=O) groups is 1. The molecule has 5 heteroatoms. The van der Waals surface area contributed by atoms with E-state index in [0.717, 1.165) is 4.90 Å². The van der Waals surface area contributed by atoms with Gasteiger partial charge in [-0.1, -0.05) is 0 Å². The predicted octanol–water partition coefficient (Wildman–Crippen LogP) is -0.0923. The molecule has 2 fully saturated rings. The summed E-state index contributed by atoms with van der Waals surface area (Å²) in [5.74, 6) is -0.145. The average molecular weight is 174 g/mol. The summed E-state index contributed by atoms with van der Waals surface area (Å²) in [5.41, 5.74) is -1.31. The van der Waals surface area contributed by atoms with Crippen LogP contribution in [0.1, 0.15) is 0 Å². The van der Waals surface area contributed by atoms with Gasteiger partial charge in [0.15, 0.2) is 0 Å². The second-order valence-electron chi connectivity index (χ2n) is 3.53. The summed E-state index contributed by atoms with van der Waals surface area (Å²) < 4.78 is 13.7. The van der Waals surface area contributed by atoms with E-state index in [4.69, 9.17) is 5.11 Å². The smallest absolute Gasteiger partial charge is 0.407 e. The lowest BCUT2D eigenvalue weighted by Crippen LogP contribution is -2.36. The molecule has 68 valence electrons. The number of halogens is 1. The second kappa shape index (κ2) is 2.32. The van der Waals surface area contributed by atoms with Crippen molar-refractivity contribution in [1.82, 2.24) is 10.2 Å². The minimum Gasteiger partial charge on any atom is -0.465 e. The molecule has 2 rings (SSSR count). The van der Waals surface area contributed by atoms with Crippen LogP contribution in [0.15, 0.2) is 0 Å². The lowest BCUT2D eigenvalue weighted by molar-refractivity contribution is 0.135. The highest BCUT2D eigenvalue weighted by molar-refractivity contribution is 5.65. The molecule has 0 aliphatic carbocycles. The zero-order valence-corrected chi connectivity index (χ0v) is 6.59. The first-order valence-corrected chi connectivity index (χ1v) is 3.99. The zero-order chi connectivity index (χ0) is 8.77. The Labute approximate surface area is 69.3 Å². The molecule has 0 bridgehead atoms. The van der Waals surface area contributed by atoms with Crippen molar-refractivity contribution in [3.63, 3.8) is 0 Å². The molecule has 1 amide bonds. The van der Waals surface area contributed by atoms with Crippen LogP contribution in [0.2, 0.25) is 0 Å². The van der Waals surface area contributed by atoms with Gasteiger partial charge in [-0.15, -0.1) is 0 Å². The summed E-state index contributed by atoms with van der Waals surface area (Å²) in [6.45, 7) is 1.25. The summed E-state index contributed by atoms with van der Waals surface area (Å²) in [6, 6.07) is 0. The zero-order valence-electron chi connectivity index (χ0n) is 6.59. The minimum absolute atomic E-state index is 0.0278. The third-order valence-corrected chi connectivity index (χ3v) is 2.71. The molecule has 4 nitrogen and oxygen atoms in total. The SMILES string of the molecule is O=C(O)N1C[C@H]2CNC[C@]2(F)C1. The summed E-state index contributed by atoms with van der Waals surface area (Å²) in [7, 11) is 0. The van der Waals surface area contributed by atoms with E-state index in [1.807, 2.05) is 0 Å². The number of nitrogens with one attached hydrogen (secondary N) is 1. The van der Waals surface area contributed by atoms with Crippen molar-refractivity contribution in [2.45, 2.75) is 5.67 Å². The molecule has 2 atom stereocenters. The largest absolute Gasteiger partial charge is 0.465 e. The molecular formula is C7H11FN2O2. The van der Waals surface area contributed by atoms with Crippen LogP contribution in [0, 0.1) is 5.92 Å².